The van der Waals surface area contributed by atoms with Gasteiger partial charge in [-0.2, -0.15) is 0 Å². The lowest BCUT2D eigenvalue weighted by Crippen LogP contribution is -2.49. The molecule has 0 saturated carbocycles. The summed E-state index contributed by atoms with van der Waals surface area (Å²) in [6, 6.07) is 18.3. The molecule has 128 valence electrons. The summed E-state index contributed by atoms with van der Waals surface area (Å²) in [5.41, 5.74) is 2.58. The second kappa shape index (κ2) is 8.18. The zero-order chi connectivity index (χ0) is 16.8. The predicted octanol–water partition coefficient (Wildman–Crippen LogP) is 2.56. The van der Waals surface area contributed by atoms with Gasteiger partial charge in [0, 0.05) is 38.4 Å². The van der Waals surface area contributed by atoms with Crippen molar-refractivity contribution < 1.29 is 9.84 Å². The van der Waals surface area contributed by atoms with Crippen LogP contribution in [0.3, 0.4) is 0 Å². The molecule has 4 nitrogen and oxygen atoms in total. The maximum absolute atomic E-state index is 10.2. The lowest BCUT2D eigenvalue weighted by Gasteiger charge is -2.36. The Morgan fingerprint density at radius 1 is 0.958 bits per heavy atom. The number of hydrogen-bond acceptors (Lipinski definition) is 4. The van der Waals surface area contributed by atoms with Crippen molar-refractivity contribution in [1.82, 2.24) is 4.90 Å². The highest BCUT2D eigenvalue weighted by Crippen LogP contribution is 2.17. The van der Waals surface area contributed by atoms with Gasteiger partial charge in [-0.1, -0.05) is 35.9 Å². The van der Waals surface area contributed by atoms with Crippen LogP contribution in [0.25, 0.3) is 0 Å². The second-order valence-electron chi connectivity index (χ2n) is 6.40. The van der Waals surface area contributed by atoms with E-state index in [1.807, 2.05) is 30.3 Å². The van der Waals surface area contributed by atoms with Crippen molar-refractivity contribution in [2.45, 2.75) is 13.0 Å². The predicted molar refractivity (Wildman–Crippen MR) is 97.8 cm³/mol. The molecule has 0 bridgehead atoms. The number of aliphatic hydroxyl groups is 1. The van der Waals surface area contributed by atoms with E-state index in [-0.39, 0.29) is 0 Å². The van der Waals surface area contributed by atoms with E-state index in [9.17, 15) is 5.11 Å². The maximum atomic E-state index is 10.2. The molecule has 24 heavy (non-hydrogen) atoms. The van der Waals surface area contributed by atoms with Crippen LogP contribution in [-0.4, -0.2) is 55.4 Å². The zero-order valence-corrected chi connectivity index (χ0v) is 14.3. The molecule has 4 heteroatoms. The SMILES string of the molecule is Cc1ccc(N2CCN(C[C@@H](O)COc3ccccc3)CC2)cc1. The first-order valence-corrected chi connectivity index (χ1v) is 8.60. The molecular weight excluding hydrogens is 300 g/mol. The standard InChI is InChI=1S/C20H26N2O2/c1-17-7-9-18(10-8-17)22-13-11-21(12-14-22)15-19(23)16-24-20-5-3-2-4-6-20/h2-10,19,23H,11-16H2,1H3/t19-/m1/s1. The van der Waals surface area contributed by atoms with Crippen LogP contribution in [0.4, 0.5) is 5.69 Å². The fraction of sp³-hybridized carbons (Fsp3) is 0.400. The van der Waals surface area contributed by atoms with Gasteiger partial charge in [-0.05, 0) is 31.2 Å². The minimum absolute atomic E-state index is 0.336. The van der Waals surface area contributed by atoms with Gasteiger partial charge >= 0.3 is 0 Å². The molecular formula is C20H26N2O2. The number of rotatable bonds is 6. The van der Waals surface area contributed by atoms with Crippen molar-refractivity contribution in [3.63, 3.8) is 0 Å². The van der Waals surface area contributed by atoms with Crippen molar-refractivity contribution in [1.29, 1.82) is 0 Å². The highest BCUT2D eigenvalue weighted by atomic mass is 16.5. The summed E-state index contributed by atoms with van der Waals surface area (Å²) in [5, 5.41) is 10.2. The molecule has 1 heterocycles. The summed E-state index contributed by atoms with van der Waals surface area (Å²) in [7, 11) is 0. The summed E-state index contributed by atoms with van der Waals surface area (Å²) in [4.78, 5) is 4.71. The van der Waals surface area contributed by atoms with Crippen LogP contribution in [0.5, 0.6) is 5.75 Å². The molecule has 1 N–H and O–H groups in total. The molecule has 0 amide bonds. The van der Waals surface area contributed by atoms with E-state index in [2.05, 4.69) is 41.0 Å². The minimum atomic E-state index is -0.462. The van der Waals surface area contributed by atoms with Crippen molar-refractivity contribution in [2.75, 3.05) is 44.2 Å². The van der Waals surface area contributed by atoms with Gasteiger partial charge in [0.1, 0.15) is 18.5 Å². The lowest BCUT2D eigenvalue weighted by molar-refractivity contribution is 0.0663. The van der Waals surface area contributed by atoms with Gasteiger partial charge in [0.15, 0.2) is 0 Å². The van der Waals surface area contributed by atoms with Crippen LogP contribution in [-0.2, 0) is 0 Å². The normalized spacial score (nSPS) is 16.8. The Labute approximate surface area is 144 Å². The number of piperazine rings is 1. The van der Waals surface area contributed by atoms with Gasteiger partial charge in [0.05, 0.1) is 0 Å². The molecule has 0 radical (unpaired) electrons. The van der Waals surface area contributed by atoms with Gasteiger partial charge in [-0.3, -0.25) is 4.90 Å². The first kappa shape index (κ1) is 16.8. The van der Waals surface area contributed by atoms with E-state index in [0.29, 0.717) is 13.2 Å². The molecule has 0 aliphatic carbocycles. The molecule has 1 aliphatic rings. The third-order valence-electron chi connectivity index (χ3n) is 4.43. The van der Waals surface area contributed by atoms with E-state index in [4.69, 9.17) is 4.74 Å². The smallest absolute Gasteiger partial charge is 0.119 e. The quantitative estimate of drug-likeness (QED) is 0.885. The Hall–Kier alpha value is -2.04. The van der Waals surface area contributed by atoms with Crippen molar-refractivity contribution in [3.8, 4) is 5.75 Å². The average molecular weight is 326 g/mol. The summed E-state index contributed by atoms with van der Waals surface area (Å²) >= 11 is 0. The number of aryl methyl sites for hydroxylation is 1. The Kier molecular flexibility index (Phi) is 5.72. The number of β-amino-alcohol motifs (C(OH)–C–C–N with tert-alkyl or cyclic N) is 1. The van der Waals surface area contributed by atoms with E-state index >= 15 is 0 Å². The Bertz CT molecular complexity index is 607. The second-order valence-corrected chi connectivity index (χ2v) is 6.40. The number of benzene rings is 2. The van der Waals surface area contributed by atoms with E-state index < -0.39 is 6.10 Å². The van der Waals surface area contributed by atoms with Gasteiger partial charge in [-0.25, -0.2) is 0 Å². The highest BCUT2D eigenvalue weighted by Gasteiger charge is 2.19. The number of nitrogens with zero attached hydrogens (tertiary/aromatic N) is 2. The number of anilines is 1. The van der Waals surface area contributed by atoms with E-state index in [1.54, 1.807) is 0 Å². The topological polar surface area (TPSA) is 35.9 Å². The molecule has 0 spiro atoms. The lowest BCUT2D eigenvalue weighted by atomic mass is 10.2. The average Bonchev–Trinajstić information content (AvgIpc) is 2.62. The van der Waals surface area contributed by atoms with Crippen LogP contribution in [0, 0.1) is 6.92 Å². The molecule has 1 saturated heterocycles. The molecule has 1 aliphatic heterocycles. The van der Waals surface area contributed by atoms with E-state index in [1.165, 1.54) is 11.3 Å². The molecule has 2 aromatic carbocycles. The summed E-state index contributed by atoms with van der Waals surface area (Å²) in [6.45, 7) is 7.04. The molecule has 2 aromatic rings. The van der Waals surface area contributed by atoms with Crippen LogP contribution in [0.2, 0.25) is 0 Å². The number of para-hydroxylation sites is 1. The first-order chi connectivity index (χ1) is 11.7. The van der Waals surface area contributed by atoms with Crippen LogP contribution >= 0.6 is 0 Å². The fourth-order valence-electron chi connectivity index (χ4n) is 3.00. The third kappa shape index (κ3) is 4.73. The number of ether oxygens (including phenoxy) is 1. The van der Waals surface area contributed by atoms with E-state index in [0.717, 1.165) is 31.9 Å². The number of hydrogen-bond donors (Lipinski definition) is 1. The zero-order valence-electron chi connectivity index (χ0n) is 14.3. The molecule has 1 fully saturated rings. The monoisotopic (exact) mass is 326 g/mol. The minimum Gasteiger partial charge on any atom is -0.491 e. The van der Waals surface area contributed by atoms with Crippen molar-refractivity contribution in [3.05, 3.63) is 60.2 Å². The summed E-state index contributed by atoms with van der Waals surface area (Å²) < 4.78 is 5.62. The Balaban J connectivity index is 1.41. The molecule has 0 unspecified atom stereocenters. The van der Waals surface area contributed by atoms with Crippen LogP contribution < -0.4 is 9.64 Å². The van der Waals surface area contributed by atoms with Crippen LogP contribution in [0.15, 0.2) is 54.6 Å². The largest absolute Gasteiger partial charge is 0.491 e. The first-order valence-electron chi connectivity index (χ1n) is 8.60. The van der Waals surface area contributed by atoms with Crippen molar-refractivity contribution >= 4 is 5.69 Å². The molecule has 3 rings (SSSR count). The summed E-state index contributed by atoms with van der Waals surface area (Å²) in [6.07, 6.45) is -0.462. The maximum Gasteiger partial charge on any atom is 0.119 e. The van der Waals surface area contributed by atoms with Gasteiger partial charge < -0.3 is 14.7 Å². The Morgan fingerprint density at radius 3 is 2.29 bits per heavy atom. The van der Waals surface area contributed by atoms with Gasteiger partial charge in [-0.15, -0.1) is 0 Å². The molecule has 0 aromatic heterocycles. The van der Waals surface area contributed by atoms with Crippen LogP contribution in [0.1, 0.15) is 5.56 Å². The highest BCUT2D eigenvalue weighted by molar-refractivity contribution is 5.47. The third-order valence-corrected chi connectivity index (χ3v) is 4.43. The fourth-order valence-corrected chi connectivity index (χ4v) is 3.00. The summed E-state index contributed by atoms with van der Waals surface area (Å²) in [5.74, 6) is 0.806. The Morgan fingerprint density at radius 2 is 1.62 bits per heavy atom. The van der Waals surface area contributed by atoms with Gasteiger partial charge in [0.25, 0.3) is 0 Å². The molecule has 1 atom stereocenters. The number of aliphatic hydroxyl groups excluding tert-OH is 1. The van der Waals surface area contributed by atoms with Crippen molar-refractivity contribution in [2.24, 2.45) is 0 Å². The van der Waals surface area contributed by atoms with Gasteiger partial charge in [0.2, 0.25) is 0 Å².